The van der Waals surface area contributed by atoms with Gasteiger partial charge in [-0.2, -0.15) is 5.10 Å². The van der Waals surface area contributed by atoms with Crippen molar-refractivity contribution in [1.29, 1.82) is 0 Å². The van der Waals surface area contributed by atoms with Gasteiger partial charge in [-0.25, -0.2) is 0 Å². The number of nitrogens with zero attached hydrogens (tertiary/aromatic N) is 2. The number of ether oxygens (including phenoxy) is 1. The summed E-state index contributed by atoms with van der Waals surface area (Å²) in [6.07, 6.45) is 7.03. The van der Waals surface area contributed by atoms with E-state index in [4.69, 9.17) is 4.74 Å². The Labute approximate surface area is 113 Å². The minimum absolute atomic E-state index is 0.0553. The minimum Gasteiger partial charge on any atom is -0.490 e. The van der Waals surface area contributed by atoms with Crippen molar-refractivity contribution in [3.63, 3.8) is 0 Å². The molecule has 1 aromatic rings. The normalized spacial score (nSPS) is 27.2. The zero-order chi connectivity index (χ0) is 13.8. The van der Waals surface area contributed by atoms with Gasteiger partial charge in [0.15, 0.2) is 5.75 Å². The van der Waals surface area contributed by atoms with Crippen molar-refractivity contribution in [3.8, 4) is 5.75 Å². The fraction of sp³-hybridized carbons (Fsp3) is 0.714. The summed E-state index contributed by atoms with van der Waals surface area (Å²) < 4.78 is 7.30. The first-order valence-electron chi connectivity index (χ1n) is 7.01. The van der Waals surface area contributed by atoms with Gasteiger partial charge in [0.1, 0.15) is 0 Å². The number of carbonyl (C=O) groups is 1. The van der Waals surface area contributed by atoms with E-state index in [-0.39, 0.29) is 12.0 Å². The Hall–Kier alpha value is -1.52. The van der Waals surface area contributed by atoms with Gasteiger partial charge in [-0.3, -0.25) is 9.48 Å². The zero-order valence-electron chi connectivity index (χ0n) is 11.6. The molecular weight excluding hydrogens is 244 g/mol. The maximum absolute atomic E-state index is 11.4. The minimum atomic E-state index is -0.719. The van der Waals surface area contributed by atoms with E-state index in [1.807, 2.05) is 13.1 Å². The lowest BCUT2D eigenvalue weighted by Gasteiger charge is -2.32. The van der Waals surface area contributed by atoms with Gasteiger partial charge in [0, 0.05) is 0 Å². The smallest absolute Gasteiger partial charge is 0.308 e. The molecule has 0 aromatic carbocycles. The molecule has 1 N–H and O–H groups in total. The molecule has 1 saturated carbocycles. The number of carboxylic acids is 1. The third kappa shape index (κ3) is 3.28. The van der Waals surface area contributed by atoms with Gasteiger partial charge in [0.25, 0.3) is 0 Å². The van der Waals surface area contributed by atoms with E-state index in [9.17, 15) is 9.90 Å². The summed E-state index contributed by atoms with van der Waals surface area (Å²) in [7, 11) is 0. The molecule has 0 amide bonds. The number of hydrogen-bond acceptors (Lipinski definition) is 3. The molecule has 1 aromatic heterocycles. The van der Waals surface area contributed by atoms with Crippen molar-refractivity contribution in [2.75, 3.05) is 6.61 Å². The number of hydrogen-bond donors (Lipinski definition) is 1. The van der Waals surface area contributed by atoms with Gasteiger partial charge >= 0.3 is 5.97 Å². The first-order valence-corrected chi connectivity index (χ1v) is 7.01. The molecule has 1 aliphatic carbocycles. The van der Waals surface area contributed by atoms with Crippen molar-refractivity contribution in [3.05, 3.63) is 12.4 Å². The fourth-order valence-electron chi connectivity index (χ4n) is 2.73. The van der Waals surface area contributed by atoms with Gasteiger partial charge < -0.3 is 9.84 Å². The molecule has 3 atom stereocenters. The third-order valence-electron chi connectivity index (χ3n) is 3.79. The molecule has 1 heterocycles. The first-order chi connectivity index (χ1) is 9.11. The number of aliphatic carboxylic acids is 1. The molecule has 5 heteroatoms. The Morgan fingerprint density at radius 1 is 1.58 bits per heavy atom. The lowest BCUT2D eigenvalue weighted by atomic mass is 9.79. The summed E-state index contributed by atoms with van der Waals surface area (Å²) in [5.41, 5.74) is 0. The Kier molecular flexibility index (Phi) is 4.45. The van der Waals surface area contributed by atoms with Crippen LogP contribution in [0, 0.1) is 11.8 Å². The van der Waals surface area contributed by atoms with Crippen molar-refractivity contribution >= 4 is 5.97 Å². The third-order valence-corrected chi connectivity index (χ3v) is 3.79. The van der Waals surface area contributed by atoms with Crippen LogP contribution in [0.5, 0.6) is 5.75 Å². The Bertz CT molecular complexity index is 430. The summed E-state index contributed by atoms with van der Waals surface area (Å²) in [6, 6.07) is -0.0553. The average Bonchev–Trinajstić information content (AvgIpc) is 2.84. The monoisotopic (exact) mass is 266 g/mol. The number of aromatic nitrogens is 2. The van der Waals surface area contributed by atoms with E-state index in [1.165, 1.54) is 0 Å². The predicted molar refractivity (Wildman–Crippen MR) is 71.2 cm³/mol. The van der Waals surface area contributed by atoms with Gasteiger partial charge in [0.2, 0.25) is 0 Å². The summed E-state index contributed by atoms with van der Waals surface area (Å²) in [5.74, 6) is 0.215. The SMILES string of the molecule is CCCOc1cnn(C2CC(C)CCC2C(=O)O)c1. The molecular formula is C14H22N2O3. The van der Waals surface area contributed by atoms with Crippen molar-refractivity contribution in [2.45, 2.75) is 45.6 Å². The predicted octanol–water partition coefficient (Wildman–Crippen LogP) is 2.73. The van der Waals surface area contributed by atoms with Crippen LogP contribution in [0.4, 0.5) is 0 Å². The molecule has 5 nitrogen and oxygen atoms in total. The maximum Gasteiger partial charge on any atom is 0.308 e. The van der Waals surface area contributed by atoms with E-state index in [0.29, 0.717) is 12.5 Å². The van der Waals surface area contributed by atoms with Crippen LogP contribution in [-0.2, 0) is 4.79 Å². The standard InChI is InChI=1S/C14H22N2O3/c1-3-6-19-11-8-15-16(9-11)13-7-10(2)4-5-12(13)14(17)18/h8-10,12-13H,3-7H2,1-2H3,(H,17,18). The van der Waals surface area contributed by atoms with Gasteiger partial charge in [-0.15, -0.1) is 0 Å². The molecule has 19 heavy (non-hydrogen) atoms. The molecule has 1 fully saturated rings. The van der Waals surface area contributed by atoms with Crippen LogP contribution in [0.3, 0.4) is 0 Å². The van der Waals surface area contributed by atoms with Crippen molar-refractivity contribution < 1.29 is 14.6 Å². The molecule has 2 rings (SSSR count). The molecule has 3 unspecified atom stereocenters. The Morgan fingerprint density at radius 2 is 2.37 bits per heavy atom. The summed E-state index contributed by atoms with van der Waals surface area (Å²) in [4.78, 5) is 11.4. The Balaban J connectivity index is 2.12. The average molecular weight is 266 g/mol. The molecule has 0 aliphatic heterocycles. The highest BCUT2D eigenvalue weighted by atomic mass is 16.5. The largest absolute Gasteiger partial charge is 0.490 e. The van der Waals surface area contributed by atoms with E-state index >= 15 is 0 Å². The maximum atomic E-state index is 11.4. The van der Waals surface area contributed by atoms with E-state index < -0.39 is 5.97 Å². The van der Waals surface area contributed by atoms with E-state index in [0.717, 1.165) is 31.4 Å². The molecule has 0 spiro atoms. The lowest BCUT2D eigenvalue weighted by molar-refractivity contribution is -0.145. The summed E-state index contributed by atoms with van der Waals surface area (Å²) in [5, 5.41) is 13.6. The highest BCUT2D eigenvalue weighted by Gasteiger charge is 2.35. The highest BCUT2D eigenvalue weighted by Crippen LogP contribution is 2.37. The Morgan fingerprint density at radius 3 is 3.05 bits per heavy atom. The van der Waals surface area contributed by atoms with Crippen LogP contribution in [0.15, 0.2) is 12.4 Å². The van der Waals surface area contributed by atoms with Crippen LogP contribution in [0.1, 0.15) is 45.6 Å². The van der Waals surface area contributed by atoms with Crippen LogP contribution in [-0.4, -0.2) is 27.5 Å². The van der Waals surface area contributed by atoms with Crippen LogP contribution >= 0.6 is 0 Å². The summed E-state index contributed by atoms with van der Waals surface area (Å²) >= 11 is 0. The first kappa shape index (κ1) is 13.9. The zero-order valence-corrected chi connectivity index (χ0v) is 11.6. The topological polar surface area (TPSA) is 64.4 Å². The number of rotatable bonds is 5. The van der Waals surface area contributed by atoms with Gasteiger partial charge in [0.05, 0.1) is 31.0 Å². The number of carboxylic acid groups (broad SMARTS) is 1. The molecule has 0 saturated heterocycles. The second kappa shape index (κ2) is 6.08. The molecule has 0 bridgehead atoms. The second-order valence-corrected chi connectivity index (χ2v) is 5.43. The highest BCUT2D eigenvalue weighted by molar-refractivity contribution is 5.70. The van der Waals surface area contributed by atoms with Gasteiger partial charge in [-0.1, -0.05) is 13.8 Å². The van der Waals surface area contributed by atoms with Crippen LogP contribution < -0.4 is 4.74 Å². The summed E-state index contributed by atoms with van der Waals surface area (Å²) in [6.45, 7) is 4.88. The van der Waals surface area contributed by atoms with Crippen LogP contribution in [0.2, 0.25) is 0 Å². The fourth-order valence-corrected chi connectivity index (χ4v) is 2.73. The van der Waals surface area contributed by atoms with Crippen molar-refractivity contribution in [1.82, 2.24) is 9.78 Å². The molecule has 106 valence electrons. The van der Waals surface area contributed by atoms with Crippen LogP contribution in [0.25, 0.3) is 0 Å². The second-order valence-electron chi connectivity index (χ2n) is 5.43. The van der Waals surface area contributed by atoms with Gasteiger partial charge in [-0.05, 0) is 31.6 Å². The molecule has 1 aliphatic rings. The van der Waals surface area contributed by atoms with Crippen molar-refractivity contribution in [2.24, 2.45) is 11.8 Å². The molecule has 0 radical (unpaired) electrons. The quantitative estimate of drug-likeness (QED) is 0.890. The lowest BCUT2D eigenvalue weighted by Crippen LogP contribution is -2.32. The van der Waals surface area contributed by atoms with E-state index in [2.05, 4.69) is 12.0 Å². The van der Waals surface area contributed by atoms with E-state index in [1.54, 1.807) is 10.9 Å².